The van der Waals surface area contributed by atoms with Crippen molar-refractivity contribution in [2.45, 2.75) is 18.6 Å². The monoisotopic (exact) mass is 238 g/mol. The molecule has 3 saturated heterocycles. The van der Waals surface area contributed by atoms with Crippen molar-refractivity contribution in [1.29, 1.82) is 0 Å². The maximum absolute atomic E-state index is 12.0. The molecule has 2 bridgehead atoms. The molecule has 4 heterocycles. The number of carbonyl (C=O) groups excluding carboxylic acids is 2. The summed E-state index contributed by atoms with van der Waals surface area (Å²) in [6.07, 6.45) is 4.22. The van der Waals surface area contributed by atoms with Gasteiger partial charge in [-0.2, -0.15) is 11.8 Å². The van der Waals surface area contributed by atoms with Gasteiger partial charge in [0.15, 0.2) is 0 Å². The lowest BCUT2D eigenvalue weighted by Gasteiger charge is -2.27. The molecule has 0 aromatic rings. The Bertz CT molecular complexity index is 445. The average molecular weight is 238 g/mol. The molecule has 84 valence electrons. The molecule has 4 unspecified atom stereocenters. The Morgan fingerprint density at radius 3 is 2.88 bits per heavy atom. The molecule has 0 amide bonds. The molecule has 16 heavy (non-hydrogen) atoms. The Hall–Kier alpha value is -0.810. The number of esters is 2. The van der Waals surface area contributed by atoms with Gasteiger partial charge in [-0.3, -0.25) is 9.59 Å². The van der Waals surface area contributed by atoms with E-state index in [2.05, 4.69) is 0 Å². The third kappa shape index (κ3) is 0.667. The van der Waals surface area contributed by atoms with Gasteiger partial charge in [-0.05, 0) is 6.42 Å². The van der Waals surface area contributed by atoms with Crippen molar-refractivity contribution in [2.24, 2.45) is 10.8 Å². The molecule has 5 heteroatoms. The third-order valence-electron chi connectivity index (χ3n) is 4.38. The number of hydrogen-bond donors (Lipinski definition) is 0. The predicted octanol–water partition coefficient (Wildman–Crippen LogP) is 0.517. The normalized spacial score (nSPS) is 52.8. The number of hydrogen-bond acceptors (Lipinski definition) is 5. The number of carbonyl (C=O) groups is 2. The summed E-state index contributed by atoms with van der Waals surface area (Å²) in [7, 11) is 0. The Morgan fingerprint density at radius 2 is 2.00 bits per heavy atom. The van der Waals surface area contributed by atoms with Crippen LogP contribution in [0.15, 0.2) is 12.2 Å². The average Bonchev–Trinajstić information content (AvgIpc) is 2.83. The third-order valence-corrected chi connectivity index (χ3v) is 5.70. The Kier molecular flexibility index (Phi) is 1.47. The van der Waals surface area contributed by atoms with Crippen LogP contribution in [0.25, 0.3) is 0 Å². The van der Waals surface area contributed by atoms with Crippen LogP contribution in [0.2, 0.25) is 0 Å². The van der Waals surface area contributed by atoms with Crippen molar-refractivity contribution < 1.29 is 19.1 Å². The van der Waals surface area contributed by atoms with E-state index in [9.17, 15) is 9.59 Å². The summed E-state index contributed by atoms with van der Waals surface area (Å²) in [6.45, 7) is 0. The van der Waals surface area contributed by atoms with Gasteiger partial charge in [-0.1, -0.05) is 12.2 Å². The lowest BCUT2D eigenvalue weighted by atomic mass is 9.64. The van der Waals surface area contributed by atoms with E-state index in [0.717, 1.165) is 0 Å². The van der Waals surface area contributed by atoms with Crippen LogP contribution in [0.1, 0.15) is 6.42 Å². The topological polar surface area (TPSA) is 52.6 Å². The zero-order valence-corrected chi connectivity index (χ0v) is 9.29. The van der Waals surface area contributed by atoms with Crippen LogP contribution in [0, 0.1) is 10.8 Å². The molecule has 0 aliphatic carbocycles. The van der Waals surface area contributed by atoms with E-state index in [-0.39, 0.29) is 24.1 Å². The Balaban J connectivity index is 2.02. The minimum Gasteiger partial charge on any atom is -0.392 e. The van der Waals surface area contributed by atoms with E-state index in [4.69, 9.17) is 9.47 Å². The zero-order valence-electron chi connectivity index (χ0n) is 8.47. The van der Waals surface area contributed by atoms with Crippen molar-refractivity contribution in [3.63, 3.8) is 0 Å². The Labute approximate surface area is 96.3 Å². The molecule has 4 rings (SSSR count). The van der Waals surface area contributed by atoms with E-state index in [1.807, 2.05) is 12.2 Å². The maximum Gasteiger partial charge on any atom is 0.324 e. The first-order chi connectivity index (χ1) is 7.72. The number of fused-ring (bicyclic) bond motifs is 2. The molecule has 4 atom stereocenters. The Morgan fingerprint density at radius 1 is 1.25 bits per heavy atom. The summed E-state index contributed by atoms with van der Waals surface area (Å²) < 4.78 is 10.7. The summed E-state index contributed by atoms with van der Waals surface area (Å²) in [5.41, 5.74) is -1.44. The van der Waals surface area contributed by atoms with Crippen molar-refractivity contribution in [1.82, 2.24) is 0 Å². The molecular formula is C11H10O4S. The molecule has 0 saturated carbocycles. The van der Waals surface area contributed by atoms with Crippen LogP contribution in [-0.4, -0.2) is 35.7 Å². The van der Waals surface area contributed by atoms with Gasteiger partial charge in [0.05, 0.1) is 12.2 Å². The zero-order chi connectivity index (χ0) is 11.0. The van der Waals surface area contributed by atoms with Gasteiger partial charge in [-0.25, -0.2) is 0 Å². The van der Waals surface area contributed by atoms with E-state index in [1.165, 1.54) is 0 Å². The summed E-state index contributed by atoms with van der Waals surface area (Å²) >= 11 is 1.67. The second-order valence-electron chi connectivity index (χ2n) is 4.82. The van der Waals surface area contributed by atoms with E-state index < -0.39 is 10.8 Å². The van der Waals surface area contributed by atoms with Crippen molar-refractivity contribution in [3.8, 4) is 0 Å². The van der Waals surface area contributed by atoms with E-state index in [0.29, 0.717) is 17.9 Å². The fraction of sp³-hybridized carbons (Fsp3) is 0.636. The smallest absolute Gasteiger partial charge is 0.324 e. The van der Waals surface area contributed by atoms with Crippen LogP contribution in [0.5, 0.6) is 0 Å². The summed E-state index contributed by atoms with van der Waals surface area (Å²) in [5.74, 6) is 0.559. The fourth-order valence-corrected chi connectivity index (χ4v) is 5.39. The molecule has 4 aliphatic heterocycles. The molecule has 3 fully saturated rings. The summed E-state index contributed by atoms with van der Waals surface area (Å²) in [5, 5.41) is 0. The highest BCUT2D eigenvalue weighted by atomic mass is 32.2. The van der Waals surface area contributed by atoms with Gasteiger partial charge in [0.25, 0.3) is 0 Å². The molecule has 0 aromatic heterocycles. The number of rotatable bonds is 0. The van der Waals surface area contributed by atoms with E-state index in [1.54, 1.807) is 11.8 Å². The van der Waals surface area contributed by atoms with Gasteiger partial charge in [-0.15, -0.1) is 0 Å². The number of cyclic esters (lactones) is 2. The first-order valence-electron chi connectivity index (χ1n) is 5.38. The molecule has 4 aliphatic rings. The molecule has 0 radical (unpaired) electrons. The van der Waals surface area contributed by atoms with Crippen molar-refractivity contribution >= 4 is 23.7 Å². The highest BCUT2D eigenvalue weighted by Crippen LogP contribution is 2.66. The number of thioether (sulfide) groups is 1. The van der Waals surface area contributed by atoms with E-state index >= 15 is 0 Å². The summed E-state index contributed by atoms with van der Waals surface area (Å²) in [6, 6.07) is 0. The van der Waals surface area contributed by atoms with Crippen LogP contribution in [0.3, 0.4) is 0 Å². The molecule has 0 aromatic carbocycles. The fourth-order valence-electron chi connectivity index (χ4n) is 3.54. The molecular weight excluding hydrogens is 228 g/mol. The van der Waals surface area contributed by atoms with Crippen molar-refractivity contribution in [2.75, 3.05) is 11.5 Å². The predicted molar refractivity (Wildman–Crippen MR) is 55.7 cm³/mol. The molecule has 0 spiro atoms. The van der Waals surface area contributed by atoms with Crippen LogP contribution >= 0.6 is 11.8 Å². The molecule has 4 nitrogen and oxygen atoms in total. The van der Waals surface area contributed by atoms with Crippen molar-refractivity contribution in [3.05, 3.63) is 12.2 Å². The van der Waals surface area contributed by atoms with Crippen LogP contribution < -0.4 is 0 Å². The lowest BCUT2D eigenvalue weighted by Crippen LogP contribution is -2.47. The largest absolute Gasteiger partial charge is 0.392 e. The van der Waals surface area contributed by atoms with Gasteiger partial charge in [0.2, 0.25) is 0 Å². The second kappa shape index (κ2) is 2.54. The lowest BCUT2D eigenvalue weighted by molar-refractivity contribution is -0.160. The summed E-state index contributed by atoms with van der Waals surface area (Å²) in [4.78, 5) is 24.1. The van der Waals surface area contributed by atoms with Gasteiger partial charge >= 0.3 is 11.9 Å². The van der Waals surface area contributed by atoms with Crippen LogP contribution in [0.4, 0.5) is 0 Å². The SMILES string of the molecule is O=C1OC(=O)C23CSCC12C1C=CCC3O1. The highest BCUT2D eigenvalue weighted by molar-refractivity contribution is 7.99. The second-order valence-corrected chi connectivity index (χ2v) is 5.81. The molecule has 0 N–H and O–H groups in total. The highest BCUT2D eigenvalue weighted by Gasteiger charge is 2.81. The van der Waals surface area contributed by atoms with Gasteiger partial charge in [0.1, 0.15) is 10.8 Å². The standard InChI is InChI=1S/C11H10O4S/c12-8-10-4-16-5-11(10,9(13)15-8)7-3-1-2-6(10)14-7/h1-2,6-7H,3-5H2. The van der Waals surface area contributed by atoms with Crippen LogP contribution in [-0.2, 0) is 19.1 Å². The quantitative estimate of drug-likeness (QED) is 0.350. The maximum atomic E-state index is 12.0. The first-order valence-corrected chi connectivity index (χ1v) is 6.54. The minimum absolute atomic E-state index is 0.170. The first kappa shape index (κ1) is 9.24. The van der Waals surface area contributed by atoms with Gasteiger partial charge < -0.3 is 9.47 Å². The van der Waals surface area contributed by atoms with Gasteiger partial charge in [0, 0.05) is 11.5 Å². The minimum atomic E-state index is -0.730. The number of ether oxygens (including phenoxy) is 2.